The molecule has 106 valence electrons. The highest BCUT2D eigenvalue weighted by atomic mass is 32.2. The molecule has 0 spiro atoms. The van der Waals surface area contributed by atoms with Crippen LogP contribution in [0, 0.1) is 0 Å². The third-order valence-corrected chi connectivity index (χ3v) is 4.77. The number of rotatable bonds is 4. The topological polar surface area (TPSA) is 12.0 Å². The predicted octanol–water partition coefficient (Wildman–Crippen LogP) is 4.08. The molecule has 1 fully saturated rings. The van der Waals surface area contributed by atoms with Crippen LogP contribution in [0.4, 0.5) is 13.2 Å². The second-order valence-corrected chi connectivity index (χ2v) is 5.96. The number of alkyl halides is 3. The molecule has 0 aliphatic heterocycles. The maximum absolute atomic E-state index is 12.4. The van der Waals surface area contributed by atoms with Crippen molar-refractivity contribution in [2.45, 2.75) is 43.3 Å². The fourth-order valence-corrected chi connectivity index (χ4v) is 3.47. The van der Waals surface area contributed by atoms with Gasteiger partial charge in [0.25, 0.3) is 0 Å². The molecule has 1 N–H and O–H groups in total. The van der Waals surface area contributed by atoms with E-state index in [0.717, 1.165) is 24.1 Å². The Balaban J connectivity index is 1.90. The first kappa shape index (κ1) is 14.7. The van der Waals surface area contributed by atoms with Gasteiger partial charge >= 0.3 is 6.18 Å². The molecule has 1 aliphatic rings. The third-order valence-electron chi connectivity index (χ3n) is 3.60. The molecule has 19 heavy (non-hydrogen) atoms. The summed E-state index contributed by atoms with van der Waals surface area (Å²) >= 11 is 1.87. The van der Waals surface area contributed by atoms with E-state index in [1.807, 2.05) is 11.8 Å². The van der Waals surface area contributed by atoms with E-state index in [-0.39, 0.29) is 0 Å². The standard InChI is InChI=1S/C14H18F3NS/c1-19-13-4-2-3-12(13)18-9-10-5-7-11(8-6-10)14(15,16)17/h5-8,12-13,18H,2-4,9H2,1H3. The van der Waals surface area contributed by atoms with Gasteiger partial charge in [0.2, 0.25) is 0 Å². The lowest BCUT2D eigenvalue weighted by Gasteiger charge is -2.19. The molecule has 2 rings (SSSR count). The van der Waals surface area contributed by atoms with Crippen molar-refractivity contribution >= 4 is 11.8 Å². The van der Waals surface area contributed by atoms with Gasteiger partial charge in [0, 0.05) is 17.8 Å². The molecule has 1 aliphatic carbocycles. The van der Waals surface area contributed by atoms with Crippen LogP contribution in [-0.4, -0.2) is 17.5 Å². The van der Waals surface area contributed by atoms with Crippen molar-refractivity contribution < 1.29 is 13.2 Å². The molecular formula is C14H18F3NS. The van der Waals surface area contributed by atoms with Crippen molar-refractivity contribution in [1.29, 1.82) is 0 Å². The zero-order valence-electron chi connectivity index (χ0n) is 10.8. The number of hydrogen-bond donors (Lipinski definition) is 1. The van der Waals surface area contributed by atoms with Crippen LogP contribution in [0.1, 0.15) is 30.4 Å². The van der Waals surface area contributed by atoms with Crippen molar-refractivity contribution in [3.63, 3.8) is 0 Å². The van der Waals surface area contributed by atoms with Crippen LogP contribution in [0.5, 0.6) is 0 Å². The molecule has 1 saturated carbocycles. The second kappa shape index (κ2) is 6.18. The van der Waals surface area contributed by atoms with Gasteiger partial charge in [-0.1, -0.05) is 18.6 Å². The highest BCUT2D eigenvalue weighted by Crippen LogP contribution is 2.30. The van der Waals surface area contributed by atoms with Gasteiger partial charge in [-0.05, 0) is 36.8 Å². The summed E-state index contributed by atoms with van der Waals surface area (Å²) in [5.74, 6) is 0. The first-order chi connectivity index (χ1) is 9.00. The first-order valence-electron chi connectivity index (χ1n) is 6.43. The van der Waals surface area contributed by atoms with Crippen molar-refractivity contribution in [2.75, 3.05) is 6.26 Å². The molecular weight excluding hydrogens is 271 g/mol. The number of halogens is 3. The van der Waals surface area contributed by atoms with E-state index in [1.165, 1.54) is 12.8 Å². The molecule has 1 aromatic carbocycles. The van der Waals surface area contributed by atoms with Crippen LogP contribution in [0.2, 0.25) is 0 Å². The average molecular weight is 289 g/mol. The van der Waals surface area contributed by atoms with Crippen molar-refractivity contribution in [3.8, 4) is 0 Å². The molecule has 0 bridgehead atoms. The highest BCUT2D eigenvalue weighted by Gasteiger charge is 2.30. The molecule has 2 atom stereocenters. The molecule has 1 aromatic rings. The summed E-state index contributed by atoms with van der Waals surface area (Å²) < 4.78 is 37.3. The van der Waals surface area contributed by atoms with Gasteiger partial charge in [-0.15, -0.1) is 0 Å². The molecule has 2 unspecified atom stereocenters. The minimum atomic E-state index is -4.25. The van der Waals surface area contributed by atoms with Crippen LogP contribution in [0.25, 0.3) is 0 Å². The lowest BCUT2D eigenvalue weighted by atomic mass is 10.1. The van der Waals surface area contributed by atoms with E-state index in [9.17, 15) is 13.2 Å². The zero-order chi connectivity index (χ0) is 13.9. The van der Waals surface area contributed by atoms with Gasteiger partial charge in [0.1, 0.15) is 0 Å². The molecule has 0 saturated heterocycles. The van der Waals surface area contributed by atoms with Gasteiger partial charge in [-0.3, -0.25) is 0 Å². The highest BCUT2D eigenvalue weighted by molar-refractivity contribution is 7.99. The van der Waals surface area contributed by atoms with Crippen molar-refractivity contribution in [1.82, 2.24) is 5.32 Å². The van der Waals surface area contributed by atoms with Crippen LogP contribution in [0.15, 0.2) is 24.3 Å². The Morgan fingerprint density at radius 3 is 2.47 bits per heavy atom. The van der Waals surface area contributed by atoms with Gasteiger partial charge in [-0.25, -0.2) is 0 Å². The van der Waals surface area contributed by atoms with E-state index in [1.54, 1.807) is 12.1 Å². The molecule has 1 nitrogen and oxygen atoms in total. The van der Waals surface area contributed by atoms with E-state index < -0.39 is 11.7 Å². The van der Waals surface area contributed by atoms with Gasteiger partial charge < -0.3 is 5.32 Å². The van der Waals surface area contributed by atoms with Gasteiger partial charge in [0.05, 0.1) is 5.56 Å². The molecule has 0 radical (unpaired) electrons. The monoisotopic (exact) mass is 289 g/mol. The van der Waals surface area contributed by atoms with Gasteiger partial charge in [-0.2, -0.15) is 24.9 Å². The van der Waals surface area contributed by atoms with Crippen molar-refractivity contribution in [3.05, 3.63) is 35.4 Å². The summed E-state index contributed by atoms with van der Waals surface area (Å²) in [5.41, 5.74) is 0.318. The van der Waals surface area contributed by atoms with Crippen LogP contribution < -0.4 is 5.32 Å². The van der Waals surface area contributed by atoms with E-state index in [4.69, 9.17) is 0 Å². The summed E-state index contributed by atoms with van der Waals surface area (Å²) in [7, 11) is 0. The third kappa shape index (κ3) is 3.89. The Morgan fingerprint density at radius 1 is 1.21 bits per heavy atom. The van der Waals surface area contributed by atoms with Crippen molar-refractivity contribution in [2.24, 2.45) is 0 Å². The average Bonchev–Trinajstić information content (AvgIpc) is 2.83. The smallest absolute Gasteiger partial charge is 0.309 e. The maximum Gasteiger partial charge on any atom is 0.416 e. The van der Waals surface area contributed by atoms with Crippen LogP contribution in [0.3, 0.4) is 0 Å². The summed E-state index contributed by atoms with van der Waals surface area (Å²) in [4.78, 5) is 0. The summed E-state index contributed by atoms with van der Waals surface area (Å²) in [6, 6.07) is 5.89. The lowest BCUT2D eigenvalue weighted by molar-refractivity contribution is -0.137. The van der Waals surface area contributed by atoms with Crippen LogP contribution >= 0.6 is 11.8 Å². The number of thioether (sulfide) groups is 1. The predicted molar refractivity (Wildman–Crippen MR) is 73.2 cm³/mol. The Morgan fingerprint density at radius 2 is 1.89 bits per heavy atom. The fraction of sp³-hybridized carbons (Fsp3) is 0.571. The summed E-state index contributed by atoms with van der Waals surface area (Å²) in [6.45, 7) is 0.639. The Labute approximate surface area is 116 Å². The van der Waals surface area contributed by atoms with Gasteiger partial charge in [0.15, 0.2) is 0 Å². The van der Waals surface area contributed by atoms with E-state index in [2.05, 4.69) is 11.6 Å². The maximum atomic E-state index is 12.4. The molecule has 0 aromatic heterocycles. The normalized spacial score (nSPS) is 23.8. The first-order valence-corrected chi connectivity index (χ1v) is 7.72. The Hall–Kier alpha value is -0.680. The quantitative estimate of drug-likeness (QED) is 0.896. The summed E-state index contributed by atoms with van der Waals surface area (Å²) in [6.07, 6.45) is 1.48. The number of nitrogens with one attached hydrogen (secondary N) is 1. The van der Waals surface area contributed by atoms with E-state index in [0.29, 0.717) is 17.8 Å². The second-order valence-electron chi connectivity index (χ2n) is 4.89. The Bertz CT molecular complexity index is 402. The van der Waals surface area contributed by atoms with E-state index >= 15 is 0 Å². The number of hydrogen-bond acceptors (Lipinski definition) is 2. The molecule has 5 heteroatoms. The largest absolute Gasteiger partial charge is 0.416 e. The Kier molecular flexibility index (Phi) is 4.79. The summed E-state index contributed by atoms with van der Waals surface area (Å²) in [5, 5.41) is 4.09. The SMILES string of the molecule is CSC1CCCC1NCc1ccc(C(F)(F)F)cc1. The fourth-order valence-electron chi connectivity index (χ4n) is 2.50. The zero-order valence-corrected chi connectivity index (χ0v) is 11.7. The lowest BCUT2D eigenvalue weighted by Crippen LogP contribution is -2.33. The molecule has 0 amide bonds. The van der Waals surface area contributed by atoms with Crippen LogP contribution in [-0.2, 0) is 12.7 Å². The molecule has 0 heterocycles. The number of benzene rings is 1. The minimum absolute atomic E-state index is 0.484. The minimum Gasteiger partial charge on any atom is -0.309 e.